The van der Waals surface area contributed by atoms with Gasteiger partial charge in [0.05, 0.1) is 6.42 Å². The fourth-order valence-corrected chi connectivity index (χ4v) is 2.78. The second-order valence-electron chi connectivity index (χ2n) is 6.22. The molecule has 0 N–H and O–H groups in total. The van der Waals surface area contributed by atoms with Gasteiger partial charge < -0.3 is 14.5 Å². The van der Waals surface area contributed by atoms with E-state index in [1.165, 1.54) is 4.90 Å². The third kappa shape index (κ3) is 4.39. The van der Waals surface area contributed by atoms with Crippen molar-refractivity contribution in [1.29, 1.82) is 0 Å². The van der Waals surface area contributed by atoms with Gasteiger partial charge in [0.25, 0.3) is 11.8 Å². The van der Waals surface area contributed by atoms with Gasteiger partial charge in [-0.05, 0) is 19.9 Å². The Bertz CT molecular complexity index is 719. The number of amides is 2. The van der Waals surface area contributed by atoms with Crippen LogP contribution in [0, 0.1) is 0 Å². The third-order valence-electron chi connectivity index (χ3n) is 4.13. The van der Waals surface area contributed by atoms with Crippen LogP contribution in [-0.4, -0.2) is 53.8 Å². The molecule has 6 heteroatoms. The summed E-state index contributed by atoms with van der Waals surface area (Å²) in [5.41, 5.74) is 2.80. The van der Waals surface area contributed by atoms with Gasteiger partial charge in [-0.2, -0.15) is 0 Å². The Labute approximate surface area is 153 Å². The van der Waals surface area contributed by atoms with Gasteiger partial charge in [0, 0.05) is 36.5 Å². The Balaban J connectivity index is 1.83. The number of ether oxygens (including phenoxy) is 1. The highest BCUT2D eigenvalue weighted by Crippen LogP contribution is 2.31. The van der Waals surface area contributed by atoms with Crippen molar-refractivity contribution >= 4 is 23.5 Å². The summed E-state index contributed by atoms with van der Waals surface area (Å²) in [6.07, 6.45) is -0.00135. The summed E-state index contributed by atoms with van der Waals surface area (Å²) in [5.74, 6) is -0.965. The first-order valence-corrected chi connectivity index (χ1v) is 8.53. The van der Waals surface area contributed by atoms with Gasteiger partial charge in [0.15, 0.2) is 6.61 Å². The van der Waals surface area contributed by atoms with Crippen LogP contribution in [0.2, 0.25) is 0 Å². The predicted molar refractivity (Wildman–Crippen MR) is 99.2 cm³/mol. The molecule has 0 aliphatic carbocycles. The van der Waals surface area contributed by atoms with Crippen LogP contribution < -0.4 is 0 Å². The molecule has 138 valence electrons. The summed E-state index contributed by atoms with van der Waals surface area (Å²) in [6, 6.07) is 7.19. The molecule has 0 bridgehead atoms. The van der Waals surface area contributed by atoms with Crippen molar-refractivity contribution in [2.24, 2.45) is 0 Å². The highest BCUT2D eigenvalue weighted by Gasteiger charge is 2.30. The molecule has 0 saturated heterocycles. The number of carbonyl (C=O) groups excluding carboxylic acids is 3. The predicted octanol–water partition coefficient (Wildman–Crippen LogP) is 2.47. The van der Waals surface area contributed by atoms with Crippen molar-refractivity contribution in [2.45, 2.75) is 20.3 Å². The molecule has 0 radical (unpaired) electrons. The molecule has 1 aliphatic rings. The number of hydrogen-bond donors (Lipinski definition) is 0. The van der Waals surface area contributed by atoms with E-state index in [9.17, 15) is 14.4 Å². The molecule has 2 rings (SSSR count). The van der Waals surface area contributed by atoms with E-state index in [0.29, 0.717) is 24.4 Å². The maximum Gasteiger partial charge on any atom is 0.308 e. The van der Waals surface area contributed by atoms with Gasteiger partial charge in [0.1, 0.15) is 0 Å². The van der Waals surface area contributed by atoms with Crippen molar-refractivity contribution in [3.63, 3.8) is 0 Å². The number of nitrogens with zero attached hydrogens (tertiary/aromatic N) is 2. The summed E-state index contributed by atoms with van der Waals surface area (Å²) in [6.45, 7) is 12.2. The first-order valence-electron chi connectivity index (χ1n) is 8.53. The Hall–Kier alpha value is -2.89. The van der Waals surface area contributed by atoms with E-state index in [2.05, 4.69) is 13.2 Å². The van der Waals surface area contributed by atoms with Gasteiger partial charge in [-0.25, -0.2) is 0 Å². The second kappa shape index (κ2) is 8.47. The normalized spacial score (nSPS) is 12.8. The van der Waals surface area contributed by atoms with Crippen molar-refractivity contribution in [1.82, 2.24) is 9.80 Å². The molecule has 6 nitrogen and oxygen atoms in total. The Morgan fingerprint density at radius 3 is 2.46 bits per heavy atom. The molecule has 1 aliphatic heterocycles. The average molecular weight is 356 g/mol. The number of likely N-dealkylation sites (N-methyl/N-ethyl adjacent to an activating group) is 1. The molecule has 1 heterocycles. The largest absolute Gasteiger partial charge is 0.456 e. The number of fused-ring (bicyclic) bond motifs is 1. The number of esters is 1. The van der Waals surface area contributed by atoms with E-state index in [0.717, 1.165) is 11.1 Å². The molecule has 0 aromatic heterocycles. The van der Waals surface area contributed by atoms with E-state index >= 15 is 0 Å². The summed E-state index contributed by atoms with van der Waals surface area (Å²) in [5, 5.41) is 0. The quantitative estimate of drug-likeness (QED) is 0.530. The number of carbonyl (C=O) groups is 3. The first kappa shape index (κ1) is 19.4. The molecule has 1 aromatic rings. The number of hydrogen-bond acceptors (Lipinski definition) is 4. The Kier molecular flexibility index (Phi) is 6.33. The lowest BCUT2D eigenvalue weighted by atomic mass is 10.1. The monoisotopic (exact) mass is 356 g/mol. The maximum atomic E-state index is 12.4. The van der Waals surface area contributed by atoms with E-state index in [4.69, 9.17) is 4.74 Å². The smallest absolute Gasteiger partial charge is 0.308 e. The van der Waals surface area contributed by atoms with Gasteiger partial charge in [-0.3, -0.25) is 14.4 Å². The fourth-order valence-electron chi connectivity index (χ4n) is 2.78. The zero-order valence-electron chi connectivity index (χ0n) is 15.3. The first-order chi connectivity index (χ1) is 12.3. The number of benzene rings is 1. The third-order valence-corrected chi connectivity index (χ3v) is 4.13. The van der Waals surface area contributed by atoms with E-state index in [1.54, 1.807) is 17.0 Å². The lowest BCUT2D eigenvalue weighted by Crippen LogP contribution is -2.36. The van der Waals surface area contributed by atoms with Gasteiger partial charge in [-0.1, -0.05) is 36.9 Å². The summed E-state index contributed by atoms with van der Waals surface area (Å²) >= 11 is 0. The Morgan fingerprint density at radius 1 is 1.23 bits per heavy atom. The summed E-state index contributed by atoms with van der Waals surface area (Å²) < 4.78 is 5.05. The minimum Gasteiger partial charge on any atom is -0.456 e. The Morgan fingerprint density at radius 2 is 1.88 bits per heavy atom. The molecular weight excluding hydrogens is 332 g/mol. The van der Waals surface area contributed by atoms with Gasteiger partial charge in [0.2, 0.25) is 0 Å². The van der Waals surface area contributed by atoms with Crippen molar-refractivity contribution < 1.29 is 19.1 Å². The molecule has 0 spiro atoms. The highest BCUT2D eigenvalue weighted by molar-refractivity contribution is 6.08. The van der Waals surface area contributed by atoms with Crippen LogP contribution >= 0.6 is 0 Å². The molecule has 0 fully saturated rings. The van der Waals surface area contributed by atoms with Crippen LogP contribution in [0.15, 0.2) is 43.0 Å². The molecule has 0 unspecified atom stereocenters. The average Bonchev–Trinajstić information content (AvgIpc) is 2.86. The van der Waals surface area contributed by atoms with E-state index in [1.807, 2.05) is 26.0 Å². The fraction of sp³-hybridized carbons (Fsp3) is 0.350. The molecule has 0 atom stereocenters. The van der Waals surface area contributed by atoms with Crippen LogP contribution in [0.5, 0.6) is 0 Å². The van der Waals surface area contributed by atoms with Crippen LogP contribution in [0.4, 0.5) is 0 Å². The molecular formula is C20H24N2O4. The van der Waals surface area contributed by atoms with Gasteiger partial charge in [-0.15, -0.1) is 0 Å². The van der Waals surface area contributed by atoms with Gasteiger partial charge >= 0.3 is 5.97 Å². The maximum absolute atomic E-state index is 12.4. The molecule has 0 saturated carbocycles. The van der Waals surface area contributed by atoms with Crippen LogP contribution in [0.1, 0.15) is 36.2 Å². The summed E-state index contributed by atoms with van der Waals surface area (Å²) in [7, 11) is 0. The van der Waals surface area contributed by atoms with E-state index in [-0.39, 0.29) is 31.4 Å². The zero-order valence-corrected chi connectivity index (χ0v) is 15.3. The SMILES string of the molecule is C=C(C)CN(CC)C(=O)COC(=O)CCN1C(=C)c2ccccc2C1=O. The van der Waals surface area contributed by atoms with E-state index < -0.39 is 5.97 Å². The number of rotatable bonds is 8. The van der Waals surface area contributed by atoms with Crippen LogP contribution in [-0.2, 0) is 14.3 Å². The van der Waals surface area contributed by atoms with Crippen molar-refractivity contribution in [3.8, 4) is 0 Å². The molecule has 1 aromatic carbocycles. The van der Waals surface area contributed by atoms with Crippen molar-refractivity contribution in [2.75, 3.05) is 26.2 Å². The second-order valence-corrected chi connectivity index (χ2v) is 6.22. The lowest BCUT2D eigenvalue weighted by Gasteiger charge is -2.21. The van der Waals surface area contributed by atoms with Crippen LogP contribution in [0.3, 0.4) is 0 Å². The lowest BCUT2D eigenvalue weighted by molar-refractivity contribution is -0.151. The molecule has 2 amide bonds. The standard InChI is InChI=1S/C20H24N2O4/c1-5-21(12-14(2)3)18(23)13-26-19(24)10-11-22-15(4)16-8-6-7-9-17(16)20(22)25/h6-9H,2,4-5,10-13H2,1,3H3. The minimum absolute atomic E-state index is 0.00135. The summed E-state index contributed by atoms with van der Waals surface area (Å²) in [4.78, 5) is 39.4. The minimum atomic E-state index is -0.527. The topological polar surface area (TPSA) is 66.9 Å². The van der Waals surface area contributed by atoms with Crippen LogP contribution in [0.25, 0.3) is 5.70 Å². The van der Waals surface area contributed by atoms with Crippen molar-refractivity contribution in [3.05, 3.63) is 54.1 Å². The molecule has 26 heavy (non-hydrogen) atoms. The zero-order chi connectivity index (χ0) is 19.3. The highest BCUT2D eigenvalue weighted by atomic mass is 16.5.